The van der Waals surface area contributed by atoms with Crippen LogP contribution in [0.2, 0.25) is 0 Å². The number of aryl methyl sites for hydroxylation is 1. The van der Waals surface area contributed by atoms with Gasteiger partial charge in [0.15, 0.2) is 0 Å². The smallest absolute Gasteiger partial charge is 0.0491 e. The van der Waals surface area contributed by atoms with Gasteiger partial charge in [0.2, 0.25) is 0 Å². The van der Waals surface area contributed by atoms with Gasteiger partial charge >= 0.3 is 0 Å². The molecular formula is C23H31N. The van der Waals surface area contributed by atoms with Crippen LogP contribution in [-0.4, -0.2) is 4.57 Å². The Morgan fingerprint density at radius 1 is 0.750 bits per heavy atom. The van der Waals surface area contributed by atoms with Gasteiger partial charge in [-0.15, -0.1) is 0 Å². The van der Waals surface area contributed by atoms with Crippen molar-refractivity contribution in [3.05, 3.63) is 47.5 Å². The highest BCUT2D eigenvalue weighted by molar-refractivity contribution is 6.08. The number of aromatic nitrogens is 1. The third kappa shape index (κ3) is 2.46. The molecule has 0 radical (unpaired) electrons. The minimum atomic E-state index is 0.187. The number of hydrogen-bond acceptors (Lipinski definition) is 0. The number of fused-ring (bicyclic) bond motifs is 3. The van der Waals surface area contributed by atoms with E-state index in [9.17, 15) is 0 Å². The summed E-state index contributed by atoms with van der Waals surface area (Å²) in [5.41, 5.74) is 6.07. The molecule has 1 nitrogen and oxygen atoms in total. The Labute approximate surface area is 146 Å². The second-order valence-corrected chi connectivity index (χ2v) is 8.47. The first-order chi connectivity index (χ1) is 11.2. The Hall–Kier alpha value is -1.76. The molecule has 0 N–H and O–H groups in total. The first-order valence-electron chi connectivity index (χ1n) is 9.25. The summed E-state index contributed by atoms with van der Waals surface area (Å²) in [6.45, 7) is 14.1. The molecule has 0 aliphatic rings. The molecule has 2 aromatic carbocycles. The fourth-order valence-corrected chi connectivity index (χ4v) is 3.71. The van der Waals surface area contributed by atoms with Gasteiger partial charge in [-0.1, -0.05) is 59.7 Å². The maximum atomic E-state index is 2.48. The minimum Gasteiger partial charge on any atom is -0.344 e. The van der Waals surface area contributed by atoms with Crippen LogP contribution in [0.5, 0.6) is 0 Å². The zero-order valence-corrected chi connectivity index (χ0v) is 16.3. The van der Waals surface area contributed by atoms with Crippen LogP contribution in [0.3, 0.4) is 0 Å². The van der Waals surface area contributed by atoms with Gasteiger partial charge in [-0.2, -0.15) is 0 Å². The summed E-state index contributed by atoms with van der Waals surface area (Å²) < 4.78 is 2.35. The molecule has 0 unspecified atom stereocenters. The lowest BCUT2D eigenvalue weighted by molar-refractivity contribution is 0.456. The lowest BCUT2D eigenvalue weighted by atomic mass is 9.71. The number of nitrogens with zero attached hydrogens (tertiary/aromatic N) is 1. The molecule has 128 valence electrons. The van der Waals surface area contributed by atoms with E-state index in [-0.39, 0.29) is 10.8 Å². The molecule has 0 saturated heterocycles. The van der Waals surface area contributed by atoms with Crippen LogP contribution in [0.15, 0.2) is 36.4 Å². The Morgan fingerprint density at radius 2 is 1.29 bits per heavy atom. The molecule has 0 saturated carbocycles. The third-order valence-electron chi connectivity index (χ3n) is 6.28. The zero-order valence-electron chi connectivity index (χ0n) is 16.3. The third-order valence-corrected chi connectivity index (χ3v) is 6.28. The second kappa shape index (κ2) is 5.65. The standard InChI is InChI=1S/C23H31N/c1-8-22(3,4)18-14-17-16-12-10-11-13-20(16)24(7)21(17)15-19(18)23(5,6)9-2/h10-15H,8-9H2,1-7H3. The van der Waals surface area contributed by atoms with Gasteiger partial charge in [0.25, 0.3) is 0 Å². The summed E-state index contributed by atoms with van der Waals surface area (Å²) in [5, 5.41) is 2.75. The van der Waals surface area contributed by atoms with Crippen molar-refractivity contribution in [2.75, 3.05) is 0 Å². The average Bonchev–Trinajstić information content (AvgIpc) is 2.86. The van der Waals surface area contributed by atoms with Gasteiger partial charge in [-0.05, 0) is 53.0 Å². The molecule has 0 aliphatic heterocycles. The summed E-state index contributed by atoms with van der Waals surface area (Å²) in [6.07, 6.45) is 2.30. The Kier molecular flexibility index (Phi) is 4.02. The molecule has 0 aliphatic carbocycles. The van der Waals surface area contributed by atoms with E-state index >= 15 is 0 Å². The van der Waals surface area contributed by atoms with Crippen molar-refractivity contribution in [1.82, 2.24) is 4.57 Å². The van der Waals surface area contributed by atoms with Gasteiger partial charge in [0.05, 0.1) is 0 Å². The summed E-state index contributed by atoms with van der Waals surface area (Å²) in [7, 11) is 2.19. The quantitative estimate of drug-likeness (QED) is 0.503. The molecular weight excluding hydrogens is 290 g/mol. The van der Waals surface area contributed by atoms with E-state index in [2.05, 4.69) is 89.6 Å². The summed E-state index contributed by atoms with van der Waals surface area (Å²) in [6, 6.07) is 13.7. The van der Waals surface area contributed by atoms with Gasteiger partial charge in [-0.3, -0.25) is 0 Å². The van der Waals surface area contributed by atoms with E-state index in [4.69, 9.17) is 0 Å². The molecule has 0 fully saturated rings. The van der Waals surface area contributed by atoms with E-state index in [1.165, 1.54) is 32.9 Å². The number of hydrogen-bond donors (Lipinski definition) is 0. The molecule has 0 amide bonds. The van der Waals surface area contributed by atoms with E-state index in [0.29, 0.717) is 0 Å². The molecule has 0 atom stereocenters. The van der Waals surface area contributed by atoms with E-state index < -0.39 is 0 Å². The fraction of sp³-hybridized carbons (Fsp3) is 0.478. The predicted molar refractivity (Wildman–Crippen MR) is 107 cm³/mol. The van der Waals surface area contributed by atoms with Gasteiger partial charge in [-0.25, -0.2) is 0 Å². The lowest BCUT2D eigenvalue weighted by Crippen LogP contribution is -2.25. The highest BCUT2D eigenvalue weighted by atomic mass is 14.9. The SMILES string of the molecule is CCC(C)(C)c1cc2c3ccccc3n(C)c2cc1C(C)(C)CC. The first kappa shape index (κ1) is 17.1. The molecule has 3 aromatic rings. The van der Waals surface area contributed by atoms with Crippen molar-refractivity contribution >= 4 is 21.8 Å². The topological polar surface area (TPSA) is 4.93 Å². The molecule has 1 aromatic heterocycles. The monoisotopic (exact) mass is 321 g/mol. The van der Waals surface area contributed by atoms with Crippen LogP contribution >= 0.6 is 0 Å². The maximum absolute atomic E-state index is 2.48. The van der Waals surface area contributed by atoms with Crippen LogP contribution in [0, 0.1) is 0 Å². The van der Waals surface area contributed by atoms with Crippen molar-refractivity contribution in [3.8, 4) is 0 Å². The van der Waals surface area contributed by atoms with Crippen LogP contribution in [0.1, 0.15) is 65.5 Å². The van der Waals surface area contributed by atoms with Crippen molar-refractivity contribution in [2.45, 2.75) is 65.2 Å². The van der Waals surface area contributed by atoms with E-state index in [1.54, 1.807) is 0 Å². The molecule has 24 heavy (non-hydrogen) atoms. The largest absolute Gasteiger partial charge is 0.344 e. The van der Waals surface area contributed by atoms with Crippen molar-refractivity contribution < 1.29 is 0 Å². The fourth-order valence-electron chi connectivity index (χ4n) is 3.71. The van der Waals surface area contributed by atoms with Crippen molar-refractivity contribution in [2.24, 2.45) is 7.05 Å². The Bertz CT molecular complexity index is 893. The van der Waals surface area contributed by atoms with Crippen molar-refractivity contribution in [1.29, 1.82) is 0 Å². The lowest BCUT2D eigenvalue weighted by Gasteiger charge is -2.34. The highest BCUT2D eigenvalue weighted by Gasteiger charge is 2.30. The molecule has 1 heteroatoms. The van der Waals surface area contributed by atoms with Gasteiger partial charge in [0.1, 0.15) is 0 Å². The summed E-state index contributed by atoms with van der Waals surface area (Å²) in [5.74, 6) is 0. The van der Waals surface area contributed by atoms with Crippen LogP contribution in [0.4, 0.5) is 0 Å². The van der Waals surface area contributed by atoms with Crippen LogP contribution in [0.25, 0.3) is 21.8 Å². The second-order valence-electron chi connectivity index (χ2n) is 8.47. The normalized spacial score (nSPS) is 13.1. The zero-order chi connectivity index (χ0) is 17.7. The number of para-hydroxylation sites is 1. The summed E-state index contributed by atoms with van der Waals surface area (Å²) >= 11 is 0. The molecule has 0 bridgehead atoms. The van der Waals surface area contributed by atoms with Crippen LogP contribution < -0.4 is 0 Å². The minimum absolute atomic E-state index is 0.187. The number of benzene rings is 2. The van der Waals surface area contributed by atoms with Crippen LogP contribution in [-0.2, 0) is 17.9 Å². The molecule has 3 rings (SSSR count). The van der Waals surface area contributed by atoms with Gasteiger partial charge in [0, 0.05) is 28.9 Å². The Morgan fingerprint density at radius 3 is 1.88 bits per heavy atom. The Balaban J connectivity index is 2.47. The first-order valence-corrected chi connectivity index (χ1v) is 9.25. The molecule has 0 spiro atoms. The number of rotatable bonds is 4. The molecule has 1 heterocycles. The van der Waals surface area contributed by atoms with E-state index in [1.807, 2.05) is 0 Å². The van der Waals surface area contributed by atoms with Gasteiger partial charge < -0.3 is 4.57 Å². The average molecular weight is 322 g/mol. The maximum Gasteiger partial charge on any atom is 0.0491 e. The van der Waals surface area contributed by atoms with E-state index in [0.717, 1.165) is 12.8 Å². The summed E-state index contributed by atoms with van der Waals surface area (Å²) in [4.78, 5) is 0. The highest BCUT2D eigenvalue weighted by Crippen LogP contribution is 2.41. The van der Waals surface area contributed by atoms with Crippen molar-refractivity contribution in [3.63, 3.8) is 0 Å². The predicted octanol–water partition coefficient (Wildman–Crippen LogP) is 6.71.